The van der Waals surface area contributed by atoms with Gasteiger partial charge in [0, 0.05) is 25.6 Å². The zero-order valence-electron chi connectivity index (χ0n) is 10.4. The third kappa shape index (κ3) is 3.52. The van der Waals surface area contributed by atoms with E-state index >= 15 is 0 Å². The summed E-state index contributed by atoms with van der Waals surface area (Å²) >= 11 is 0. The Labute approximate surface area is 112 Å². The van der Waals surface area contributed by atoms with Crippen molar-refractivity contribution in [1.82, 2.24) is 10.0 Å². The summed E-state index contributed by atoms with van der Waals surface area (Å²) in [5.74, 6) is -0.0391. The van der Waals surface area contributed by atoms with Gasteiger partial charge < -0.3 is 11.1 Å². The molecule has 1 atom stereocenters. The molecule has 104 valence electrons. The highest BCUT2D eigenvalue weighted by molar-refractivity contribution is 7.89. The fraction of sp³-hybridized carbons (Fsp3) is 0.417. The SMILES string of the molecule is NCc1ccc(S(=O)(=O)NC2CCC(=O)NC2)cc1. The molecule has 1 unspecified atom stereocenters. The van der Waals surface area contributed by atoms with Crippen molar-refractivity contribution in [3.63, 3.8) is 0 Å². The molecule has 0 aromatic heterocycles. The summed E-state index contributed by atoms with van der Waals surface area (Å²) in [7, 11) is -3.54. The van der Waals surface area contributed by atoms with Crippen molar-refractivity contribution in [3.05, 3.63) is 29.8 Å². The van der Waals surface area contributed by atoms with Gasteiger partial charge in [0.1, 0.15) is 0 Å². The van der Waals surface area contributed by atoms with Crippen LogP contribution in [0.5, 0.6) is 0 Å². The summed E-state index contributed by atoms with van der Waals surface area (Å²) in [6.07, 6.45) is 0.866. The van der Waals surface area contributed by atoms with E-state index < -0.39 is 10.0 Å². The van der Waals surface area contributed by atoms with Crippen LogP contribution in [-0.4, -0.2) is 26.9 Å². The molecule has 2 rings (SSSR count). The maximum absolute atomic E-state index is 12.1. The molecule has 1 aromatic rings. The lowest BCUT2D eigenvalue weighted by molar-refractivity contribution is -0.122. The topological polar surface area (TPSA) is 101 Å². The van der Waals surface area contributed by atoms with E-state index in [-0.39, 0.29) is 16.8 Å². The number of carbonyl (C=O) groups excluding carboxylic acids is 1. The Morgan fingerprint density at radius 3 is 2.53 bits per heavy atom. The minimum absolute atomic E-state index is 0.0391. The largest absolute Gasteiger partial charge is 0.355 e. The van der Waals surface area contributed by atoms with E-state index in [0.717, 1.165) is 5.56 Å². The first-order chi connectivity index (χ1) is 9.01. The Balaban J connectivity index is 2.06. The van der Waals surface area contributed by atoms with Gasteiger partial charge in [-0.1, -0.05) is 12.1 Å². The molecule has 1 amide bonds. The number of nitrogens with two attached hydrogens (primary N) is 1. The lowest BCUT2D eigenvalue weighted by atomic mass is 10.1. The Morgan fingerprint density at radius 2 is 2.00 bits per heavy atom. The van der Waals surface area contributed by atoms with Crippen molar-refractivity contribution in [2.45, 2.75) is 30.3 Å². The molecule has 4 N–H and O–H groups in total. The monoisotopic (exact) mass is 283 g/mol. The summed E-state index contributed by atoms with van der Waals surface area (Å²) in [6.45, 7) is 0.710. The van der Waals surface area contributed by atoms with Crippen LogP contribution in [-0.2, 0) is 21.4 Å². The Kier molecular flexibility index (Phi) is 4.18. The molecule has 19 heavy (non-hydrogen) atoms. The van der Waals surface area contributed by atoms with Gasteiger partial charge in [-0.05, 0) is 24.1 Å². The van der Waals surface area contributed by atoms with Crippen LogP contribution in [0.1, 0.15) is 18.4 Å². The van der Waals surface area contributed by atoms with Crippen LogP contribution < -0.4 is 15.8 Å². The highest BCUT2D eigenvalue weighted by Gasteiger charge is 2.23. The number of carbonyl (C=O) groups is 1. The van der Waals surface area contributed by atoms with Gasteiger partial charge in [-0.25, -0.2) is 13.1 Å². The van der Waals surface area contributed by atoms with Crippen molar-refractivity contribution in [3.8, 4) is 0 Å². The summed E-state index contributed by atoms with van der Waals surface area (Å²) in [5, 5.41) is 2.64. The van der Waals surface area contributed by atoms with Crippen molar-refractivity contribution in [2.75, 3.05) is 6.54 Å². The van der Waals surface area contributed by atoms with E-state index in [4.69, 9.17) is 5.73 Å². The van der Waals surface area contributed by atoms with Gasteiger partial charge in [0.2, 0.25) is 15.9 Å². The molecule has 0 aliphatic carbocycles. The Bertz CT molecular complexity index is 544. The molecule has 1 saturated heterocycles. The van der Waals surface area contributed by atoms with Gasteiger partial charge in [0.15, 0.2) is 0 Å². The second-order valence-electron chi connectivity index (χ2n) is 4.51. The van der Waals surface area contributed by atoms with E-state index in [1.807, 2.05) is 0 Å². The first-order valence-corrected chi connectivity index (χ1v) is 7.57. The average Bonchev–Trinajstić information content (AvgIpc) is 2.41. The molecular formula is C12H17N3O3S. The van der Waals surface area contributed by atoms with Crippen molar-refractivity contribution < 1.29 is 13.2 Å². The summed E-state index contributed by atoms with van der Waals surface area (Å²) in [6, 6.07) is 6.20. The highest BCUT2D eigenvalue weighted by Crippen LogP contribution is 2.13. The normalized spacial score (nSPS) is 20.1. The maximum Gasteiger partial charge on any atom is 0.240 e. The summed E-state index contributed by atoms with van der Waals surface area (Å²) in [4.78, 5) is 11.2. The van der Waals surface area contributed by atoms with Crippen LogP contribution in [0, 0.1) is 0 Å². The van der Waals surface area contributed by atoms with Gasteiger partial charge in [-0.2, -0.15) is 0 Å². The zero-order chi connectivity index (χ0) is 13.9. The standard InChI is InChI=1S/C12H17N3O3S/c13-7-9-1-4-11(5-2-9)19(17,18)15-10-3-6-12(16)14-8-10/h1-2,4-5,10,15H,3,6-8,13H2,(H,14,16). The van der Waals surface area contributed by atoms with Crippen molar-refractivity contribution in [2.24, 2.45) is 5.73 Å². The Morgan fingerprint density at radius 1 is 1.32 bits per heavy atom. The van der Waals surface area contributed by atoms with E-state index in [0.29, 0.717) is 25.9 Å². The van der Waals surface area contributed by atoms with Crippen LogP contribution in [0.4, 0.5) is 0 Å². The predicted octanol–water partition coefficient (Wildman–Crippen LogP) is -0.298. The fourth-order valence-corrected chi connectivity index (χ4v) is 3.20. The third-order valence-electron chi connectivity index (χ3n) is 3.06. The second kappa shape index (κ2) is 5.68. The molecule has 1 fully saturated rings. The molecule has 1 heterocycles. The number of rotatable bonds is 4. The van der Waals surface area contributed by atoms with Crippen LogP contribution in [0.25, 0.3) is 0 Å². The van der Waals surface area contributed by atoms with E-state index in [1.165, 1.54) is 12.1 Å². The number of hydrogen-bond donors (Lipinski definition) is 3. The van der Waals surface area contributed by atoms with Crippen molar-refractivity contribution in [1.29, 1.82) is 0 Å². The first kappa shape index (κ1) is 14.0. The highest BCUT2D eigenvalue weighted by atomic mass is 32.2. The molecular weight excluding hydrogens is 266 g/mol. The fourth-order valence-electron chi connectivity index (χ4n) is 1.93. The quantitative estimate of drug-likeness (QED) is 0.706. The van der Waals surface area contributed by atoms with Gasteiger partial charge in [-0.3, -0.25) is 4.79 Å². The van der Waals surface area contributed by atoms with Gasteiger partial charge in [0.25, 0.3) is 0 Å². The molecule has 0 saturated carbocycles. The number of amides is 1. The number of hydrogen-bond acceptors (Lipinski definition) is 4. The predicted molar refractivity (Wildman–Crippen MR) is 70.7 cm³/mol. The van der Waals surface area contributed by atoms with Crippen LogP contribution in [0.3, 0.4) is 0 Å². The number of piperidine rings is 1. The molecule has 1 aromatic carbocycles. The molecule has 7 heteroatoms. The molecule has 1 aliphatic rings. The van der Waals surface area contributed by atoms with Gasteiger partial charge in [0.05, 0.1) is 4.90 Å². The van der Waals surface area contributed by atoms with Crippen molar-refractivity contribution >= 4 is 15.9 Å². The van der Waals surface area contributed by atoms with E-state index in [9.17, 15) is 13.2 Å². The molecule has 0 radical (unpaired) electrons. The lowest BCUT2D eigenvalue weighted by Crippen LogP contribution is -2.47. The molecule has 0 spiro atoms. The molecule has 0 bridgehead atoms. The number of sulfonamides is 1. The maximum atomic E-state index is 12.1. The minimum Gasteiger partial charge on any atom is -0.355 e. The van der Waals surface area contributed by atoms with Gasteiger partial charge in [-0.15, -0.1) is 0 Å². The lowest BCUT2D eigenvalue weighted by Gasteiger charge is -2.23. The Hall–Kier alpha value is -1.44. The summed E-state index contributed by atoms with van der Waals surface area (Å²) < 4.78 is 26.8. The van der Waals surface area contributed by atoms with E-state index in [1.54, 1.807) is 12.1 Å². The molecule has 6 nitrogen and oxygen atoms in total. The summed E-state index contributed by atoms with van der Waals surface area (Å²) in [5.41, 5.74) is 6.34. The van der Waals surface area contributed by atoms with Crippen LogP contribution in [0.15, 0.2) is 29.2 Å². The zero-order valence-corrected chi connectivity index (χ0v) is 11.2. The van der Waals surface area contributed by atoms with Crippen LogP contribution in [0.2, 0.25) is 0 Å². The molecule has 1 aliphatic heterocycles. The van der Waals surface area contributed by atoms with E-state index in [2.05, 4.69) is 10.0 Å². The third-order valence-corrected chi connectivity index (χ3v) is 4.59. The van der Waals surface area contributed by atoms with Gasteiger partial charge >= 0.3 is 0 Å². The van der Waals surface area contributed by atoms with Crippen LogP contribution >= 0.6 is 0 Å². The number of benzene rings is 1. The average molecular weight is 283 g/mol. The first-order valence-electron chi connectivity index (χ1n) is 6.09. The minimum atomic E-state index is -3.54. The second-order valence-corrected chi connectivity index (χ2v) is 6.22. The smallest absolute Gasteiger partial charge is 0.240 e. The number of nitrogens with one attached hydrogen (secondary N) is 2.